The van der Waals surface area contributed by atoms with E-state index in [1.165, 1.54) is 0 Å². The molecule has 0 aromatic heterocycles. The van der Waals surface area contributed by atoms with Crippen LogP contribution in [0.2, 0.25) is 0 Å². The van der Waals surface area contributed by atoms with Gasteiger partial charge in [-0.2, -0.15) is 0 Å². The normalized spacial score (nSPS) is 28.7. The maximum absolute atomic E-state index is 12.0. The van der Waals surface area contributed by atoms with Crippen LogP contribution in [0.5, 0.6) is 0 Å². The summed E-state index contributed by atoms with van der Waals surface area (Å²) < 4.78 is 0. The summed E-state index contributed by atoms with van der Waals surface area (Å²) in [6, 6.07) is -0.834. The van der Waals surface area contributed by atoms with Crippen molar-refractivity contribution in [1.29, 1.82) is 0 Å². The average Bonchev–Trinajstić information content (AvgIpc) is 2.38. The first kappa shape index (κ1) is 16.0. The fourth-order valence-corrected chi connectivity index (χ4v) is 2.65. The number of hydrogen-bond acceptors (Lipinski definition) is 3. The second-order valence-electron chi connectivity index (χ2n) is 5.78. The van der Waals surface area contributed by atoms with Crippen molar-refractivity contribution in [3.63, 3.8) is 0 Å². The van der Waals surface area contributed by atoms with Crippen LogP contribution in [0.4, 0.5) is 0 Å². The van der Waals surface area contributed by atoms with Crippen molar-refractivity contribution in [2.75, 3.05) is 0 Å². The lowest BCUT2D eigenvalue weighted by molar-refractivity contribution is -0.152. The Balaban J connectivity index is 2.62. The number of carbonyl (C=O) groups is 2. The largest absolute Gasteiger partial charge is 0.481 e. The maximum Gasteiger partial charge on any atom is 0.311 e. The molecular weight excluding hydrogens is 244 g/mol. The zero-order valence-corrected chi connectivity index (χ0v) is 11.9. The first-order valence-electron chi connectivity index (χ1n) is 7.21. The van der Waals surface area contributed by atoms with Gasteiger partial charge in [0.25, 0.3) is 0 Å². The molecule has 0 heterocycles. The number of carboxylic acid groups (broad SMARTS) is 1. The van der Waals surface area contributed by atoms with E-state index in [9.17, 15) is 14.7 Å². The van der Waals surface area contributed by atoms with Crippen molar-refractivity contribution in [3.05, 3.63) is 0 Å². The van der Waals surface area contributed by atoms with E-state index >= 15 is 0 Å². The van der Waals surface area contributed by atoms with Crippen LogP contribution in [0.25, 0.3) is 0 Å². The lowest BCUT2D eigenvalue weighted by Gasteiger charge is -2.38. The van der Waals surface area contributed by atoms with Crippen LogP contribution in [-0.2, 0) is 9.59 Å². The van der Waals surface area contributed by atoms with Crippen molar-refractivity contribution in [1.82, 2.24) is 5.32 Å². The van der Waals surface area contributed by atoms with Gasteiger partial charge in [0.15, 0.2) is 0 Å². The van der Waals surface area contributed by atoms with Crippen LogP contribution in [0.15, 0.2) is 0 Å². The number of carboxylic acids is 1. The Labute approximate surface area is 114 Å². The summed E-state index contributed by atoms with van der Waals surface area (Å²) >= 11 is 0. The minimum atomic E-state index is -0.863. The molecule has 0 saturated heterocycles. The van der Waals surface area contributed by atoms with Crippen molar-refractivity contribution in [2.45, 2.75) is 70.9 Å². The Hall–Kier alpha value is -1.10. The van der Waals surface area contributed by atoms with Crippen molar-refractivity contribution in [3.8, 4) is 0 Å². The Bertz CT molecular complexity index is 333. The second-order valence-corrected chi connectivity index (χ2v) is 5.78. The summed E-state index contributed by atoms with van der Waals surface area (Å²) in [6.07, 6.45) is 5.74. The molecule has 5 nitrogen and oxygen atoms in total. The van der Waals surface area contributed by atoms with Gasteiger partial charge in [-0.25, -0.2) is 0 Å². The molecule has 0 bridgehead atoms. The van der Waals surface area contributed by atoms with E-state index in [0.29, 0.717) is 12.8 Å². The van der Waals surface area contributed by atoms with Gasteiger partial charge in [-0.3, -0.25) is 9.59 Å². The highest BCUT2D eigenvalue weighted by Gasteiger charge is 2.44. The lowest BCUT2D eigenvalue weighted by Crippen LogP contribution is -2.55. The highest BCUT2D eigenvalue weighted by molar-refractivity contribution is 5.83. The quantitative estimate of drug-likeness (QED) is 0.684. The minimum absolute atomic E-state index is 0.215. The highest BCUT2D eigenvalue weighted by atomic mass is 16.4. The third-order valence-corrected chi connectivity index (χ3v) is 4.22. The van der Waals surface area contributed by atoms with Gasteiger partial charge in [-0.1, -0.05) is 32.6 Å². The Morgan fingerprint density at radius 2 is 2.16 bits per heavy atom. The smallest absolute Gasteiger partial charge is 0.311 e. The molecule has 1 amide bonds. The molecule has 0 aliphatic heterocycles. The number of rotatable bonds is 6. The Morgan fingerprint density at radius 1 is 1.47 bits per heavy atom. The van der Waals surface area contributed by atoms with Crippen LogP contribution in [-0.4, -0.2) is 29.1 Å². The van der Waals surface area contributed by atoms with Crippen molar-refractivity contribution >= 4 is 11.9 Å². The number of aliphatic carboxylic acids is 1. The van der Waals surface area contributed by atoms with Crippen molar-refractivity contribution < 1.29 is 14.7 Å². The maximum atomic E-state index is 12.0. The van der Waals surface area contributed by atoms with Crippen LogP contribution < -0.4 is 11.1 Å². The number of amides is 1. The molecule has 5 heteroatoms. The number of unbranched alkanes of at least 4 members (excludes halogenated alkanes) is 1. The Kier molecular flexibility index (Phi) is 5.79. The lowest BCUT2D eigenvalue weighted by atomic mass is 9.71. The first-order valence-corrected chi connectivity index (χ1v) is 7.21. The predicted octanol–water partition coefficient (Wildman–Crippen LogP) is 1.65. The van der Waals surface area contributed by atoms with E-state index in [-0.39, 0.29) is 11.9 Å². The fraction of sp³-hybridized carbons (Fsp3) is 0.857. The van der Waals surface area contributed by atoms with E-state index in [4.69, 9.17) is 5.73 Å². The SMILES string of the molecule is CCCCC(N)C(=O)NC1CCCCC1(C)C(=O)O. The van der Waals surface area contributed by atoms with E-state index in [1.807, 2.05) is 6.92 Å². The standard InChI is InChI=1S/C14H26N2O3/c1-3-4-7-10(15)12(17)16-11-8-5-6-9-14(11,2)13(18)19/h10-11H,3-9,15H2,1-2H3,(H,16,17)(H,18,19). The molecule has 4 N–H and O–H groups in total. The summed E-state index contributed by atoms with van der Waals surface area (Å²) in [5, 5.41) is 12.2. The summed E-state index contributed by atoms with van der Waals surface area (Å²) in [4.78, 5) is 23.4. The van der Waals surface area contributed by atoms with Gasteiger partial charge in [0, 0.05) is 6.04 Å². The summed E-state index contributed by atoms with van der Waals surface area (Å²) in [5.41, 5.74) is 4.96. The van der Waals surface area contributed by atoms with Crippen LogP contribution >= 0.6 is 0 Å². The number of carbonyl (C=O) groups excluding carboxylic acids is 1. The van der Waals surface area contributed by atoms with Gasteiger partial charge in [0.05, 0.1) is 11.5 Å². The fourth-order valence-electron chi connectivity index (χ4n) is 2.65. The van der Waals surface area contributed by atoms with Gasteiger partial charge >= 0.3 is 5.97 Å². The van der Waals surface area contributed by atoms with Crippen LogP contribution in [0.3, 0.4) is 0 Å². The molecule has 19 heavy (non-hydrogen) atoms. The zero-order valence-electron chi connectivity index (χ0n) is 11.9. The van der Waals surface area contributed by atoms with Crippen molar-refractivity contribution in [2.24, 2.45) is 11.1 Å². The molecule has 1 rings (SSSR count). The molecular formula is C14H26N2O3. The average molecular weight is 270 g/mol. The van der Waals surface area contributed by atoms with Gasteiger partial charge in [-0.15, -0.1) is 0 Å². The van der Waals surface area contributed by atoms with Gasteiger partial charge in [0.1, 0.15) is 0 Å². The third kappa shape index (κ3) is 3.93. The predicted molar refractivity (Wildman–Crippen MR) is 73.6 cm³/mol. The van der Waals surface area contributed by atoms with E-state index in [1.54, 1.807) is 6.92 Å². The second kappa shape index (κ2) is 6.89. The third-order valence-electron chi connectivity index (χ3n) is 4.22. The van der Waals surface area contributed by atoms with Crippen LogP contribution in [0.1, 0.15) is 58.8 Å². The summed E-state index contributed by atoms with van der Waals surface area (Å²) in [7, 11) is 0. The molecule has 0 spiro atoms. The zero-order chi connectivity index (χ0) is 14.5. The Morgan fingerprint density at radius 3 is 2.74 bits per heavy atom. The first-order chi connectivity index (χ1) is 8.91. The van der Waals surface area contributed by atoms with Gasteiger partial charge in [-0.05, 0) is 26.2 Å². The molecule has 1 fully saturated rings. The molecule has 1 saturated carbocycles. The number of nitrogens with one attached hydrogen (secondary N) is 1. The molecule has 0 radical (unpaired) electrons. The number of nitrogens with two attached hydrogens (primary N) is 1. The molecule has 110 valence electrons. The molecule has 1 aliphatic rings. The summed E-state index contributed by atoms with van der Waals surface area (Å²) in [5.74, 6) is -1.05. The molecule has 1 aliphatic carbocycles. The highest BCUT2D eigenvalue weighted by Crippen LogP contribution is 2.36. The molecule has 0 aromatic rings. The molecule has 3 unspecified atom stereocenters. The summed E-state index contributed by atoms with van der Waals surface area (Å²) in [6.45, 7) is 3.77. The molecule has 0 aromatic carbocycles. The monoisotopic (exact) mass is 270 g/mol. The minimum Gasteiger partial charge on any atom is -0.481 e. The van der Waals surface area contributed by atoms with E-state index < -0.39 is 17.4 Å². The van der Waals surface area contributed by atoms with Crippen LogP contribution in [0, 0.1) is 5.41 Å². The van der Waals surface area contributed by atoms with E-state index in [0.717, 1.165) is 32.1 Å². The van der Waals surface area contributed by atoms with Gasteiger partial charge < -0.3 is 16.2 Å². The molecule has 3 atom stereocenters. The van der Waals surface area contributed by atoms with Gasteiger partial charge in [0.2, 0.25) is 5.91 Å². The van der Waals surface area contributed by atoms with E-state index in [2.05, 4.69) is 5.32 Å². The number of hydrogen-bond donors (Lipinski definition) is 3. The topological polar surface area (TPSA) is 92.4 Å².